The zero-order valence-corrected chi connectivity index (χ0v) is 12.0. The summed E-state index contributed by atoms with van der Waals surface area (Å²) in [5.41, 5.74) is 0.570. The van der Waals surface area contributed by atoms with Crippen LogP contribution >= 0.6 is 15.9 Å². The Balaban J connectivity index is 2.31. The maximum atomic E-state index is 3.70. The van der Waals surface area contributed by atoms with Crippen LogP contribution in [0.5, 0.6) is 0 Å². The third-order valence-electron chi connectivity index (χ3n) is 3.48. The van der Waals surface area contributed by atoms with Crippen LogP contribution in [0.1, 0.15) is 25.7 Å². The second-order valence-corrected chi connectivity index (χ2v) is 5.94. The first-order chi connectivity index (χ1) is 7.08. The molecule has 0 unspecified atom stereocenters. The molecule has 1 fully saturated rings. The molecule has 0 spiro atoms. The SMILES string of the molecule is CN(C)CCN(C)CC1(CBr)CCCC1. The Labute approximate surface area is 103 Å². The van der Waals surface area contributed by atoms with Crippen molar-refractivity contribution in [2.75, 3.05) is 46.1 Å². The largest absolute Gasteiger partial charge is 0.308 e. The lowest BCUT2D eigenvalue weighted by Crippen LogP contribution is -2.38. The smallest absolute Gasteiger partial charge is 0.0106 e. The Morgan fingerprint density at radius 2 is 1.67 bits per heavy atom. The molecule has 0 N–H and O–H groups in total. The molecule has 1 saturated carbocycles. The summed E-state index contributed by atoms with van der Waals surface area (Å²) >= 11 is 3.70. The van der Waals surface area contributed by atoms with E-state index in [1.807, 2.05) is 0 Å². The molecule has 1 aliphatic carbocycles. The van der Waals surface area contributed by atoms with Gasteiger partial charge in [0.2, 0.25) is 0 Å². The minimum atomic E-state index is 0.570. The van der Waals surface area contributed by atoms with Crippen molar-refractivity contribution < 1.29 is 0 Å². The summed E-state index contributed by atoms with van der Waals surface area (Å²) in [6, 6.07) is 0. The Hall–Kier alpha value is 0.400. The second kappa shape index (κ2) is 6.21. The Kier molecular flexibility index (Phi) is 5.58. The first-order valence-corrected chi connectivity index (χ1v) is 7.09. The lowest BCUT2D eigenvalue weighted by Gasteiger charge is -2.32. The van der Waals surface area contributed by atoms with E-state index in [1.165, 1.54) is 44.1 Å². The van der Waals surface area contributed by atoms with Gasteiger partial charge in [-0.1, -0.05) is 28.8 Å². The number of hydrogen-bond acceptors (Lipinski definition) is 2. The molecule has 1 aliphatic rings. The maximum absolute atomic E-state index is 3.70. The van der Waals surface area contributed by atoms with Gasteiger partial charge < -0.3 is 9.80 Å². The van der Waals surface area contributed by atoms with E-state index in [4.69, 9.17) is 0 Å². The van der Waals surface area contributed by atoms with Crippen LogP contribution in [0.4, 0.5) is 0 Å². The van der Waals surface area contributed by atoms with Crippen LogP contribution in [0, 0.1) is 5.41 Å². The molecule has 0 heterocycles. The minimum Gasteiger partial charge on any atom is -0.308 e. The van der Waals surface area contributed by atoms with Gasteiger partial charge in [0, 0.05) is 25.0 Å². The number of alkyl halides is 1. The van der Waals surface area contributed by atoms with Crippen molar-refractivity contribution in [3.63, 3.8) is 0 Å². The summed E-state index contributed by atoms with van der Waals surface area (Å²) in [6.45, 7) is 3.60. The van der Waals surface area contributed by atoms with E-state index in [0.717, 1.165) is 6.54 Å². The third-order valence-corrected chi connectivity index (χ3v) is 4.67. The number of rotatable bonds is 6. The first-order valence-electron chi connectivity index (χ1n) is 5.97. The van der Waals surface area contributed by atoms with E-state index in [9.17, 15) is 0 Å². The molecule has 0 aromatic carbocycles. The van der Waals surface area contributed by atoms with E-state index in [2.05, 4.69) is 46.9 Å². The summed E-state index contributed by atoms with van der Waals surface area (Å²) < 4.78 is 0. The average Bonchev–Trinajstić information content (AvgIpc) is 2.64. The van der Waals surface area contributed by atoms with E-state index < -0.39 is 0 Å². The van der Waals surface area contributed by atoms with Gasteiger partial charge in [-0.2, -0.15) is 0 Å². The van der Waals surface area contributed by atoms with Crippen molar-refractivity contribution in [1.29, 1.82) is 0 Å². The highest BCUT2D eigenvalue weighted by Gasteiger charge is 2.33. The van der Waals surface area contributed by atoms with Crippen molar-refractivity contribution in [1.82, 2.24) is 9.80 Å². The molecule has 90 valence electrons. The zero-order valence-electron chi connectivity index (χ0n) is 10.4. The number of likely N-dealkylation sites (N-methyl/N-ethyl adjacent to an activating group) is 2. The van der Waals surface area contributed by atoms with Gasteiger partial charge in [0.15, 0.2) is 0 Å². The topological polar surface area (TPSA) is 6.48 Å². The highest BCUT2D eigenvalue weighted by atomic mass is 79.9. The standard InChI is InChI=1S/C12H25BrN2/c1-14(2)8-9-15(3)11-12(10-13)6-4-5-7-12/h4-11H2,1-3H3. The van der Waals surface area contributed by atoms with Gasteiger partial charge in [0.25, 0.3) is 0 Å². The molecule has 0 bridgehead atoms. The Morgan fingerprint density at radius 3 is 2.13 bits per heavy atom. The van der Waals surface area contributed by atoms with Crippen LogP contribution in [-0.2, 0) is 0 Å². The molecular weight excluding hydrogens is 252 g/mol. The fraction of sp³-hybridized carbons (Fsp3) is 1.00. The van der Waals surface area contributed by atoms with E-state index >= 15 is 0 Å². The summed E-state index contributed by atoms with van der Waals surface area (Å²) in [4.78, 5) is 4.75. The number of hydrogen-bond donors (Lipinski definition) is 0. The lowest BCUT2D eigenvalue weighted by molar-refractivity contribution is 0.189. The third kappa shape index (κ3) is 4.41. The van der Waals surface area contributed by atoms with E-state index in [-0.39, 0.29) is 0 Å². The molecule has 0 amide bonds. The van der Waals surface area contributed by atoms with Crippen LogP contribution in [0.25, 0.3) is 0 Å². The number of halogens is 1. The van der Waals surface area contributed by atoms with Crippen LogP contribution in [0.2, 0.25) is 0 Å². The van der Waals surface area contributed by atoms with Gasteiger partial charge in [-0.3, -0.25) is 0 Å². The Bertz CT molecular complexity index is 176. The molecule has 3 heteroatoms. The fourth-order valence-corrected chi connectivity index (χ4v) is 3.22. The quantitative estimate of drug-likeness (QED) is 0.688. The lowest BCUT2D eigenvalue weighted by atomic mass is 9.88. The van der Waals surface area contributed by atoms with Gasteiger partial charge in [-0.25, -0.2) is 0 Å². The molecule has 0 aromatic heterocycles. The first kappa shape index (κ1) is 13.5. The monoisotopic (exact) mass is 276 g/mol. The molecule has 0 aromatic rings. The van der Waals surface area contributed by atoms with E-state index in [1.54, 1.807) is 0 Å². The normalized spacial score (nSPS) is 20.4. The van der Waals surface area contributed by atoms with Gasteiger partial charge in [-0.05, 0) is 39.4 Å². The van der Waals surface area contributed by atoms with Crippen LogP contribution in [0.15, 0.2) is 0 Å². The second-order valence-electron chi connectivity index (χ2n) is 5.38. The fourth-order valence-electron chi connectivity index (χ4n) is 2.48. The average molecular weight is 277 g/mol. The molecule has 0 radical (unpaired) electrons. The zero-order chi connectivity index (χ0) is 11.3. The molecule has 15 heavy (non-hydrogen) atoms. The summed E-state index contributed by atoms with van der Waals surface area (Å²) in [6.07, 6.45) is 5.66. The van der Waals surface area contributed by atoms with Gasteiger partial charge in [0.05, 0.1) is 0 Å². The van der Waals surface area contributed by atoms with Crippen molar-refractivity contribution in [2.45, 2.75) is 25.7 Å². The molecule has 1 rings (SSSR count). The van der Waals surface area contributed by atoms with Crippen molar-refractivity contribution in [3.8, 4) is 0 Å². The van der Waals surface area contributed by atoms with Crippen LogP contribution in [-0.4, -0.2) is 55.9 Å². The highest BCUT2D eigenvalue weighted by Crippen LogP contribution is 2.39. The van der Waals surface area contributed by atoms with Crippen molar-refractivity contribution in [2.24, 2.45) is 5.41 Å². The summed E-state index contributed by atoms with van der Waals surface area (Å²) in [5, 5.41) is 1.17. The predicted octanol–water partition coefficient (Wildman–Crippen LogP) is 2.44. The van der Waals surface area contributed by atoms with E-state index in [0.29, 0.717) is 5.41 Å². The number of nitrogens with zero attached hydrogens (tertiary/aromatic N) is 2. The van der Waals surface area contributed by atoms with Crippen LogP contribution in [0.3, 0.4) is 0 Å². The molecule has 0 saturated heterocycles. The maximum Gasteiger partial charge on any atom is 0.0106 e. The van der Waals surface area contributed by atoms with Gasteiger partial charge in [0.1, 0.15) is 0 Å². The van der Waals surface area contributed by atoms with Crippen LogP contribution < -0.4 is 0 Å². The summed E-state index contributed by atoms with van der Waals surface area (Å²) in [5.74, 6) is 0. The molecule has 2 nitrogen and oxygen atoms in total. The molecule has 0 aliphatic heterocycles. The summed E-state index contributed by atoms with van der Waals surface area (Å²) in [7, 11) is 6.54. The van der Waals surface area contributed by atoms with Crippen molar-refractivity contribution in [3.05, 3.63) is 0 Å². The molecule has 0 atom stereocenters. The van der Waals surface area contributed by atoms with Crippen molar-refractivity contribution >= 4 is 15.9 Å². The Morgan fingerprint density at radius 1 is 1.07 bits per heavy atom. The minimum absolute atomic E-state index is 0.570. The van der Waals surface area contributed by atoms with Gasteiger partial charge in [-0.15, -0.1) is 0 Å². The molecular formula is C12H25BrN2. The highest BCUT2D eigenvalue weighted by molar-refractivity contribution is 9.09. The predicted molar refractivity (Wildman–Crippen MR) is 70.7 cm³/mol. The van der Waals surface area contributed by atoms with Gasteiger partial charge >= 0.3 is 0 Å².